The van der Waals surface area contributed by atoms with Gasteiger partial charge in [-0.3, -0.25) is 9.59 Å². The van der Waals surface area contributed by atoms with Gasteiger partial charge in [-0.05, 0) is 92.2 Å². The zero-order chi connectivity index (χ0) is 44.4. The minimum absolute atomic E-state index is 0.0226. The number of nitrogens with one attached hydrogen (secondary N) is 4. The molecule has 15 nitrogen and oxygen atoms in total. The van der Waals surface area contributed by atoms with Gasteiger partial charge in [-0.25, -0.2) is 19.6 Å². The molecule has 2 aromatic heterocycles. The van der Waals surface area contributed by atoms with Gasteiger partial charge >= 0.3 is 12.2 Å². The van der Waals surface area contributed by atoms with E-state index < -0.39 is 24.3 Å². The lowest BCUT2D eigenvalue weighted by Crippen LogP contribution is -2.51. The van der Waals surface area contributed by atoms with Crippen LogP contribution >= 0.6 is 0 Å². The first-order valence-corrected chi connectivity index (χ1v) is 23.3. The number of carbonyl (C=O) groups excluding carboxylic acids is 4. The minimum atomic E-state index is -0.875. The second-order valence-corrected chi connectivity index (χ2v) is 18.9. The molecule has 5 heterocycles. The first-order valence-electron chi connectivity index (χ1n) is 23.3. The summed E-state index contributed by atoms with van der Waals surface area (Å²) < 4.78 is 15.9. The predicted molar refractivity (Wildman–Crippen MR) is 238 cm³/mol. The van der Waals surface area contributed by atoms with E-state index in [2.05, 4.69) is 44.9 Å². The Labute approximate surface area is 374 Å². The summed E-state index contributed by atoms with van der Waals surface area (Å²) in [6, 6.07) is 16.4. The smallest absolute Gasteiger partial charge is 0.408 e. The lowest BCUT2D eigenvalue weighted by Gasteiger charge is -2.53. The average Bonchev–Trinajstić information content (AvgIpc) is 4.18. The Morgan fingerprint density at radius 1 is 0.734 bits per heavy atom. The van der Waals surface area contributed by atoms with Crippen molar-refractivity contribution in [2.24, 2.45) is 5.92 Å². The molecule has 3 saturated heterocycles. The van der Waals surface area contributed by atoms with Crippen molar-refractivity contribution < 1.29 is 33.4 Å². The summed E-state index contributed by atoms with van der Waals surface area (Å²) in [5.74, 6) is 1.19. The van der Waals surface area contributed by atoms with Crippen LogP contribution in [0.3, 0.4) is 0 Å². The summed E-state index contributed by atoms with van der Waals surface area (Å²) in [5.41, 5.74) is 5.36. The van der Waals surface area contributed by atoms with E-state index in [0.29, 0.717) is 44.7 Å². The van der Waals surface area contributed by atoms with Crippen molar-refractivity contribution >= 4 is 24.0 Å². The molecule has 10 rings (SSSR count). The number of rotatable bonds is 12. The number of fused-ring (bicyclic) bond motifs is 3. The molecular weight excluding hydrogens is 813 g/mol. The third kappa shape index (κ3) is 8.62. The molecule has 6 aliphatic rings. The standard InChI is InChI=1S/C49H62N8O7/c1-31(2)40(54-46(60)62-3)44(58)56-25-7-11-37(56)42-50-29-36(52-42)32-13-15-34(16-14-32)48-19-22-49(23-20-48,24-21-48)39-30-51-43(53-39)38-12-8-26-57(38)45(59)41(33-9-5-4-6-10-33)55-47(61)64-35-17-27-63-28-18-35/h4-6,9-10,13-16,29-31,35,37-38,40-41H,7-8,11-12,17-28H2,1-3H3,(H,50,52)(H,51,53)(H,54,60)(H,55,61)/t37-,38-,40-,41+,48?,49?/m0/s1. The number of hydrogen-bond acceptors (Lipinski definition) is 9. The number of carbonyl (C=O) groups is 4. The first kappa shape index (κ1) is 43.5. The van der Waals surface area contributed by atoms with Crippen LogP contribution in [0.25, 0.3) is 11.3 Å². The van der Waals surface area contributed by atoms with E-state index in [1.165, 1.54) is 18.4 Å². The zero-order valence-electron chi connectivity index (χ0n) is 37.3. The number of nitrogens with zero attached hydrogens (tertiary/aromatic N) is 4. The van der Waals surface area contributed by atoms with Gasteiger partial charge in [-0.2, -0.15) is 0 Å². The molecular formula is C49H62N8O7. The van der Waals surface area contributed by atoms with Crippen LogP contribution in [0.1, 0.15) is 137 Å². The Hall–Kier alpha value is -5.70. The highest BCUT2D eigenvalue weighted by atomic mass is 16.6. The van der Waals surface area contributed by atoms with Gasteiger partial charge in [-0.1, -0.05) is 68.4 Å². The van der Waals surface area contributed by atoms with E-state index in [4.69, 9.17) is 24.2 Å². The lowest BCUT2D eigenvalue weighted by molar-refractivity contribution is -0.136. The van der Waals surface area contributed by atoms with Gasteiger partial charge in [0, 0.05) is 43.2 Å². The fraction of sp³-hybridized carbons (Fsp3) is 0.551. The van der Waals surface area contributed by atoms with Crippen molar-refractivity contribution in [3.63, 3.8) is 0 Å². The Morgan fingerprint density at radius 3 is 1.98 bits per heavy atom. The van der Waals surface area contributed by atoms with Gasteiger partial charge in [-0.15, -0.1) is 0 Å². The molecule has 4 atom stereocenters. The molecule has 0 unspecified atom stereocenters. The fourth-order valence-corrected chi connectivity index (χ4v) is 11.2. The van der Waals surface area contributed by atoms with Crippen LogP contribution < -0.4 is 10.6 Å². The number of alkyl carbamates (subject to hydrolysis) is 2. The Morgan fingerprint density at radius 2 is 1.34 bits per heavy atom. The highest BCUT2D eigenvalue weighted by Gasteiger charge is 2.51. The van der Waals surface area contributed by atoms with E-state index in [0.717, 1.165) is 87.1 Å². The van der Waals surface area contributed by atoms with Crippen molar-refractivity contribution in [1.82, 2.24) is 40.4 Å². The highest BCUT2D eigenvalue weighted by molar-refractivity contribution is 5.88. The molecule has 0 radical (unpaired) electrons. The van der Waals surface area contributed by atoms with Gasteiger partial charge in [0.15, 0.2) is 0 Å². The lowest BCUT2D eigenvalue weighted by atomic mass is 9.51. The van der Waals surface area contributed by atoms with E-state index in [1.807, 2.05) is 66.4 Å². The third-order valence-corrected chi connectivity index (χ3v) is 15.0. The molecule has 64 heavy (non-hydrogen) atoms. The van der Waals surface area contributed by atoms with Gasteiger partial charge in [0.2, 0.25) is 5.91 Å². The fourth-order valence-electron chi connectivity index (χ4n) is 11.2. The molecule has 4 N–H and O–H groups in total. The van der Waals surface area contributed by atoms with Crippen LogP contribution in [0.2, 0.25) is 0 Å². The second-order valence-electron chi connectivity index (χ2n) is 18.9. The van der Waals surface area contributed by atoms with Crippen molar-refractivity contribution in [3.05, 3.63) is 95.5 Å². The summed E-state index contributed by atoms with van der Waals surface area (Å²) in [7, 11) is 1.30. The molecule has 3 aliphatic heterocycles. The number of H-pyrrole nitrogens is 2. The van der Waals surface area contributed by atoms with Gasteiger partial charge < -0.3 is 44.6 Å². The SMILES string of the molecule is COC(=O)N[C@H](C(=O)N1CCC[C@H]1c1ncc(-c2ccc(C34CCC(c5cnc([C@@H]6CCCN6C(=O)[C@H](NC(=O)OC6CCOCC6)c6ccccc6)[nH]5)(CC3)CC4)cc2)[nH]1)C(C)C. The van der Waals surface area contributed by atoms with Crippen LogP contribution in [0.15, 0.2) is 67.0 Å². The van der Waals surface area contributed by atoms with Crippen LogP contribution in [0.5, 0.6) is 0 Å². The van der Waals surface area contributed by atoms with Crippen LogP contribution in [0, 0.1) is 5.92 Å². The van der Waals surface area contributed by atoms with E-state index in [-0.39, 0.29) is 46.7 Å². The minimum Gasteiger partial charge on any atom is -0.453 e. The number of aromatic amines is 2. The number of hydrogen-bond donors (Lipinski definition) is 4. The van der Waals surface area contributed by atoms with Gasteiger partial charge in [0.25, 0.3) is 5.91 Å². The largest absolute Gasteiger partial charge is 0.453 e. The van der Waals surface area contributed by atoms with Crippen LogP contribution in [-0.2, 0) is 34.6 Å². The molecule has 3 saturated carbocycles. The maximum atomic E-state index is 14.4. The number of imidazole rings is 2. The number of likely N-dealkylation sites (tertiary alicyclic amines) is 2. The number of methoxy groups -OCH3 is 1. The van der Waals surface area contributed by atoms with Crippen LogP contribution in [0.4, 0.5) is 9.59 Å². The molecule has 2 bridgehead atoms. The Kier molecular flexibility index (Phi) is 12.5. The summed E-state index contributed by atoms with van der Waals surface area (Å²) in [6.07, 6.45) is 13.5. The van der Waals surface area contributed by atoms with Crippen molar-refractivity contribution in [2.75, 3.05) is 33.4 Å². The molecule has 340 valence electrons. The maximum Gasteiger partial charge on any atom is 0.408 e. The zero-order valence-corrected chi connectivity index (χ0v) is 37.3. The third-order valence-electron chi connectivity index (χ3n) is 15.0. The van der Waals surface area contributed by atoms with E-state index >= 15 is 0 Å². The molecule has 3 aliphatic carbocycles. The normalized spacial score (nSPS) is 25.6. The topological polar surface area (TPSA) is 184 Å². The van der Waals surface area contributed by atoms with Crippen molar-refractivity contribution in [3.8, 4) is 11.3 Å². The molecule has 6 fully saturated rings. The molecule has 0 spiro atoms. The summed E-state index contributed by atoms with van der Waals surface area (Å²) >= 11 is 0. The quantitative estimate of drug-likeness (QED) is 0.111. The second kappa shape index (κ2) is 18.4. The van der Waals surface area contributed by atoms with Crippen molar-refractivity contribution in [2.45, 2.75) is 132 Å². The molecule has 4 aromatic rings. The van der Waals surface area contributed by atoms with E-state index in [1.54, 1.807) is 0 Å². The first-order chi connectivity index (χ1) is 31.1. The van der Waals surface area contributed by atoms with Gasteiger partial charge in [0.05, 0.1) is 44.3 Å². The number of aromatic nitrogens is 4. The Bertz CT molecular complexity index is 2260. The molecule has 4 amide bonds. The number of amides is 4. The van der Waals surface area contributed by atoms with Crippen LogP contribution in [-0.4, -0.2) is 99.3 Å². The van der Waals surface area contributed by atoms with Gasteiger partial charge in [0.1, 0.15) is 29.8 Å². The summed E-state index contributed by atoms with van der Waals surface area (Å²) in [4.78, 5) is 73.9. The average molecular weight is 875 g/mol. The summed E-state index contributed by atoms with van der Waals surface area (Å²) in [5, 5.41) is 5.63. The van der Waals surface area contributed by atoms with E-state index in [9.17, 15) is 19.2 Å². The maximum absolute atomic E-state index is 14.4. The summed E-state index contributed by atoms with van der Waals surface area (Å²) in [6.45, 7) is 6.14. The number of benzene rings is 2. The monoisotopic (exact) mass is 874 g/mol. The van der Waals surface area contributed by atoms with Crippen molar-refractivity contribution in [1.29, 1.82) is 0 Å². The molecule has 15 heteroatoms. The highest BCUT2D eigenvalue weighted by Crippen LogP contribution is 2.58. The predicted octanol–water partition coefficient (Wildman–Crippen LogP) is 7.70. The molecule has 2 aromatic carbocycles. The number of ether oxygens (including phenoxy) is 3. The Balaban J connectivity index is 0.838.